The van der Waals surface area contributed by atoms with Crippen LogP contribution in [-0.2, 0) is 11.2 Å². The van der Waals surface area contributed by atoms with Crippen molar-refractivity contribution in [2.45, 2.75) is 32.1 Å². The molecule has 0 aliphatic rings. The monoisotopic (exact) mass is 271 g/mol. The van der Waals surface area contributed by atoms with Crippen molar-refractivity contribution in [1.82, 2.24) is 5.32 Å². The average molecular weight is 271 g/mol. The van der Waals surface area contributed by atoms with Crippen LogP contribution in [0.5, 0.6) is 0 Å². The lowest BCUT2D eigenvalue weighted by Crippen LogP contribution is -2.28. The van der Waals surface area contributed by atoms with E-state index in [0.717, 1.165) is 12.2 Å². The molecule has 0 spiro atoms. The van der Waals surface area contributed by atoms with Crippen molar-refractivity contribution in [2.75, 3.05) is 6.54 Å². The highest BCUT2D eigenvalue weighted by Crippen LogP contribution is 2.17. The first-order valence-electron chi connectivity index (χ1n) is 7.13. The maximum Gasteiger partial charge on any atom is 0.220 e. The van der Waals surface area contributed by atoms with E-state index in [1.807, 2.05) is 30.3 Å². The van der Waals surface area contributed by atoms with E-state index in [1.165, 1.54) is 5.56 Å². The SMILES string of the molecule is CC[C@@H](CNC(=O)CCc1ccco1)c1ccccc1. The van der Waals surface area contributed by atoms with Gasteiger partial charge in [-0.3, -0.25) is 4.79 Å². The number of aryl methyl sites for hydroxylation is 1. The molecule has 106 valence electrons. The Balaban J connectivity index is 1.77. The molecular formula is C17H21NO2. The molecule has 1 atom stereocenters. The molecule has 3 heteroatoms. The molecule has 0 saturated heterocycles. The first-order chi connectivity index (χ1) is 9.79. The second-order valence-electron chi connectivity index (χ2n) is 4.90. The summed E-state index contributed by atoms with van der Waals surface area (Å²) in [6, 6.07) is 14.1. The first-order valence-corrected chi connectivity index (χ1v) is 7.13. The van der Waals surface area contributed by atoms with Crippen molar-refractivity contribution in [3.63, 3.8) is 0 Å². The number of carbonyl (C=O) groups is 1. The van der Waals surface area contributed by atoms with Gasteiger partial charge in [0, 0.05) is 25.3 Å². The molecule has 2 rings (SSSR count). The Bertz CT molecular complexity index is 505. The Morgan fingerprint density at radius 3 is 2.65 bits per heavy atom. The fourth-order valence-electron chi connectivity index (χ4n) is 2.24. The van der Waals surface area contributed by atoms with Gasteiger partial charge in [-0.2, -0.15) is 0 Å². The molecule has 1 N–H and O–H groups in total. The quantitative estimate of drug-likeness (QED) is 0.837. The maximum absolute atomic E-state index is 11.8. The number of rotatable bonds is 7. The van der Waals surface area contributed by atoms with Gasteiger partial charge in [-0.15, -0.1) is 0 Å². The zero-order valence-corrected chi connectivity index (χ0v) is 11.8. The van der Waals surface area contributed by atoms with Gasteiger partial charge in [0.15, 0.2) is 0 Å². The summed E-state index contributed by atoms with van der Waals surface area (Å²) in [4.78, 5) is 11.8. The van der Waals surface area contributed by atoms with Crippen LogP contribution in [0.1, 0.15) is 37.0 Å². The molecule has 0 unspecified atom stereocenters. The van der Waals surface area contributed by atoms with E-state index in [-0.39, 0.29) is 5.91 Å². The Morgan fingerprint density at radius 1 is 1.20 bits per heavy atom. The van der Waals surface area contributed by atoms with Crippen LogP contribution in [0.3, 0.4) is 0 Å². The summed E-state index contributed by atoms with van der Waals surface area (Å²) in [5.41, 5.74) is 1.28. The van der Waals surface area contributed by atoms with Gasteiger partial charge in [-0.05, 0) is 24.1 Å². The van der Waals surface area contributed by atoms with Crippen LogP contribution in [0.4, 0.5) is 0 Å². The molecule has 2 aromatic rings. The molecule has 0 saturated carbocycles. The minimum atomic E-state index is 0.0794. The van der Waals surface area contributed by atoms with Crippen molar-refractivity contribution in [2.24, 2.45) is 0 Å². The summed E-state index contributed by atoms with van der Waals surface area (Å²) >= 11 is 0. The highest BCUT2D eigenvalue weighted by Gasteiger charge is 2.11. The van der Waals surface area contributed by atoms with Gasteiger partial charge in [0.1, 0.15) is 5.76 Å². The second-order valence-corrected chi connectivity index (χ2v) is 4.90. The third-order valence-corrected chi connectivity index (χ3v) is 3.49. The van der Waals surface area contributed by atoms with Crippen LogP contribution in [0.25, 0.3) is 0 Å². The summed E-state index contributed by atoms with van der Waals surface area (Å²) in [6.45, 7) is 2.84. The van der Waals surface area contributed by atoms with Crippen LogP contribution in [-0.4, -0.2) is 12.5 Å². The standard InChI is InChI=1S/C17H21NO2/c1-2-14(15-7-4-3-5-8-15)13-18-17(19)11-10-16-9-6-12-20-16/h3-9,12,14H,2,10-11,13H2,1H3,(H,18,19)/t14-/m0/s1. The summed E-state index contributed by atoms with van der Waals surface area (Å²) < 4.78 is 5.22. The molecule has 1 aromatic heterocycles. The molecule has 0 fully saturated rings. The lowest BCUT2D eigenvalue weighted by atomic mass is 9.96. The number of amides is 1. The maximum atomic E-state index is 11.8. The highest BCUT2D eigenvalue weighted by molar-refractivity contribution is 5.76. The smallest absolute Gasteiger partial charge is 0.220 e. The van der Waals surface area contributed by atoms with Gasteiger partial charge in [-0.25, -0.2) is 0 Å². The normalized spacial score (nSPS) is 12.1. The van der Waals surface area contributed by atoms with Crippen molar-refractivity contribution in [3.05, 3.63) is 60.1 Å². The first kappa shape index (κ1) is 14.4. The summed E-state index contributed by atoms with van der Waals surface area (Å²) in [5.74, 6) is 1.31. The fraction of sp³-hybridized carbons (Fsp3) is 0.353. The number of hydrogen-bond acceptors (Lipinski definition) is 2. The van der Waals surface area contributed by atoms with Crippen molar-refractivity contribution >= 4 is 5.91 Å². The number of hydrogen-bond donors (Lipinski definition) is 1. The second kappa shape index (κ2) is 7.53. The molecule has 0 bridgehead atoms. The van der Waals surface area contributed by atoms with Crippen molar-refractivity contribution < 1.29 is 9.21 Å². The van der Waals surface area contributed by atoms with E-state index < -0.39 is 0 Å². The number of furan rings is 1. The Labute approximate surface area is 120 Å². The van der Waals surface area contributed by atoms with E-state index in [0.29, 0.717) is 25.3 Å². The third-order valence-electron chi connectivity index (χ3n) is 3.49. The predicted octanol–water partition coefficient (Wildman–Crippen LogP) is 3.52. The molecule has 0 radical (unpaired) electrons. The summed E-state index contributed by atoms with van der Waals surface area (Å²) in [5, 5.41) is 3.01. The molecule has 3 nitrogen and oxygen atoms in total. The lowest BCUT2D eigenvalue weighted by molar-refractivity contribution is -0.121. The molecule has 1 aromatic carbocycles. The van der Waals surface area contributed by atoms with E-state index in [1.54, 1.807) is 6.26 Å². The van der Waals surface area contributed by atoms with Crippen LogP contribution < -0.4 is 5.32 Å². The molecule has 0 aliphatic heterocycles. The van der Waals surface area contributed by atoms with Crippen LogP contribution >= 0.6 is 0 Å². The van der Waals surface area contributed by atoms with Gasteiger partial charge >= 0.3 is 0 Å². The Hall–Kier alpha value is -2.03. The zero-order chi connectivity index (χ0) is 14.2. The van der Waals surface area contributed by atoms with Crippen LogP contribution in [0, 0.1) is 0 Å². The zero-order valence-electron chi connectivity index (χ0n) is 11.8. The predicted molar refractivity (Wildman–Crippen MR) is 79.5 cm³/mol. The van der Waals surface area contributed by atoms with Crippen molar-refractivity contribution in [3.8, 4) is 0 Å². The third kappa shape index (κ3) is 4.26. The van der Waals surface area contributed by atoms with Gasteiger partial charge in [0.25, 0.3) is 0 Å². The van der Waals surface area contributed by atoms with E-state index in [2.05, 4.69) is 24.4 Å². The minimum absolute atomic E-state index is 0.0794. The minimum Gasteiger partial charge on any atom is -0.469 e. The van der Waals surface area contributed by atoms with Gasteiger partial charge in [-0.1, -0.05) is 37.3 Å². The fourth-order valence-corrected chi connectivity index (χ4v) is 2.24. The lowest BCUT2D eigenvalue weighted by Gasteiger charge is -2.16. The van der Waals surface area contributed by atoms with E-state index in [9.17, 15) is 4.79 Å². The van der Waals surface area contributed by atoms with Gasteiger partial charge in [0.2, 0.25) is 5.91 Å². The number of carbonyl (C=O) groups excluding carboxylic acids is 1. The van der Waals surface area contributed by atoms with Crippen LogP contribution in [0.2, 0.25) is 0 Å². The summed E-state index contributed by atoms with van der Waals surface area (Å²) in [6.07, 6.45) is 3.78. The average Bonchev–Trinajstić information content (AvgIpc) is 3.00. The highest BCUT2D eigenvalue weighted by atomic mass is 16.3. The van der Waals surface area contributed by atoms with Gasteiger partial charge < -0.3 is 9.73 Å². The largest absolute Gasteiger partial charge is 0.469 e. The van der Waals surface area contributed by atoms with Gasteiger partial charge in [0.05, 0.1) is 6.26 Å². The van der Waals surface area contributed by atoms with E-state index >= 15 is 0 Å². The number of nitrogens with one attached hydrogen (secondary N) is 1. The van der Waals surface area contributed by atoms with Crippen LogP contribution in [0.15, 0.2) is 53.1 Å². The topological polar surface area (TPSA) is 42.2 Å². The molecule has 20 heavy (non-hydrogen) atoms. The Kier molecular flexibility index (Phi) is 5.42. The van der Waals surface area contributed by atoms with Crippen molar-refractivity contribution in [1.29, 1.82) is 0 Å². The summed E-state index contributed by atoms with van der Waals surface area (Å²) in [7, 11) is 0. The molecule has 1 heterocycles. The molecule has 1 amide bonds. The molecule has 0 aliphatic carbocycles. The van der Waals surface area contributed by atoms with E-state index in [4.69, 9.17) is 4.42 Å². The molecular weight excluding hydrogens is 250 g/mol. The number of benzene rings is 1. The Morgan fingerprint density at radius 2 is 2.00 bits per heavy atom.